The lowest BCUT2D eigenvalue weighted by molar-refractivity contribution is -0.137. The number of rotatable bonds is 4. The summed E-state index contributed by atoms with van der Waals surface area (Å²) in [6.07, 6.45) is -4.66. The van der Waals surface area contributed by atoms with Crippen LogP contribution in [0.25, 0.3) is 11.1 Å². The fourth-order valence-corrected chi connectivity index (χ4v) is 4.69. The van der Waals surface area contributed by atoms with E-state index in [4.69, 9.17) is 46.0 Å². The molecule has 2 amide bonds. The van der Waals surface area contributed by atoms with Crippen LogP contribution in [0.3, 0.4) is 0 Å². The zero-order valence-corrected chi connectivity index (χ0v) is 19.9. The number of hydrogen-bond acceptors (Lipinski definition) is 3. The fraction of sp³-hybridized carbons (Fsp3) is 0.0500. The van der Waals surface area contributed by atoms with Crippen LogP contribution in [0.5, 0.6) is 0 Å². The van der Waals surface area contributed by atoms with Crippen molar-refractivity contribution in [3.05, 3.63) is 75.2 Å². The Kier molecular flexibility index (Phi) is 7.47. The highest BCUT2D eigenvalue weighted by Gasteiger charge is 2.31. The predicted molar refractivity (Wildman–Crippen MR) is 127 cm³/mol. The van der Waals surface area contributed by atoms with Gasteiger partial charge in [-0.05, 0) is 42.5 Å². The maximum absolute atomic E-state index is 13.0. The van der Waals surface area contributed by atoms with Crippen LogP contribution in [-0.2, 0) is 26.1 Å². The summed E-state index contributed by atoms with van der Waals surface area (Å²) in [5.41, 5.74) is -0.666. The third-order valence-electron chi connectivity index (χ3n) is 4.22. The van der Waals surface area contributed by atoms with Gasteiger partial charge in [0, 0.05) is 43.1 Å². The number of hydrogen-bond donors (Lipinski definition) is 3. The third-order valence-corrected chi connectivity index (χ3v) is 6.35. The van der Waals surface area contributed by atoms with Crippen molar-refractivity contribution in [1.29, 1.82) is 0 Å². The van der Waals surface area contributed by atoms with E-state index in [2.05, 4.69) is 10.6 Å². The lowest BCUT2D eigenvalue weighted by Gasteiger charge is -2.16. The molecule has 33 heavy (non-hydrogen) atoms. The molecule has 0 spiro atoms. The van der Waals surface area contributed by atoms with Gasteiger partial charge in [-0.1, -0.05) is 46.9 Å². The first-order valence-corrected chi connectivity index (χ1v) is 12.3. The van der Waals surface area contributed by atoms with E-state index in [0.29, 0.717) is 0 Å². The van der Waals surface area contributed by atoms with Gasteiger partial charge in [0.2, 0.25) is 0 Å². The fourth-order valence-electron chi connectivity index (χ4n) is 2.90. The molecule has 0 saturated heterocycles. The van der Waals surface area contributed by atoms with Crippen LogP contribution in [0.4, 0.5) is 29.3 Å². The molecule has 0 aliphatic carbocycles. The molecule has 3 aromatic carbocycles. The van der Waals surface area contributed by atoms with E-state index in [-0.39, 0.29) is 42.5 Å². The molecule has 0 bridgehead atoms. The van der Waals surface area contributed by atoms with E-state index < -0.39 is 26.5 Å². The molecule has 0 aromatic heterocycles. The van der Waals surface area contributed by atoms with Gasteiger partial charge in [0.15, 0.2) is 8.77 Å². The average molecular weight is 556 g/mol. The Morgan fingerprint density at radius 3 is 2.09 bits per heavy atom. The molecule has 0 aliphatic rings. The van der Waals surface area contributed by atoms with E-state index in [9.17, 15) is 26.7 Å². The van der Waals surface area contributed by atoms with E-state index in [1.165, 1.54) is 36.4 Å². The van der Waals surface area contributed by atoms with Crippen molar-refractivity contribution >= 4 is 72.2 Å². The Balaban J connectivity index is 1.98. The molecule has 0 saturated carbocycles. The Bertz CT molecular complexity index is 1350. The molecule has 1 unspecified atom stereocenters. The molecule has 174 valence electrons. The number of anilines is 2. The summed E-state index contributed by atoms with van der Waals surface area (Å²) in [7, 11) is -3.87. The van der Waals surface area contributed by atoms with Crippen molar-refractivity contribution in [3.8, 4) is 11.1 Å². The quantitative estimate of drug-likeness (QED) is 0.310. The molecule has 5 nitrogen and oxygen atoms in total. The maximum atomic E-state index is 13.0. The molecule has 3 rings (SSSR count). The van der Waals surface area contributed by atoms with Crippen LogP contribution >= 0.6 is 34.8 Å². The van der Waals surface area contributed by atoms with Crippen LogP contribution in [0.1, 0.15) is 5.56 Å². The highest BCUT2D eigenvalue weighted by molar-refractivity contribution is 8.29. The monoisotopic (exact) mass is 554 g/mol. The molecular weight excluding hydrogens is 544 g/mol. The summed E-state index contributed by atoms with van der Waals surface area (Å²) in [4.78, 5) is 12.4. The van der Waals surface area contributed by atoms with Crippen LogP contribution in [0.2, 0.25) is 15.1 Å². The zero-order chi connectivity index (χ0) is 24.6. The van der Waals surface area contributed by atoms with Gasteiger partial charge in [0.25, 0.3) is 0 Å². The number of benzene rings is 3. The molecule has 0 heterocycles. The van der Waals surface area contributed by atoms with Crippen molar-refractivity contribution in [2.24, 2.45) is 0 Å². The van der Waals surface area contributed by atoms with Crippen molar-refractivity contribution in [2.45, 2.75) is 11.1 Å². The number of halogens is 6. The summed E-state index contributed by atoms with van der Waals surface area (Å²) in [5, 5.41) is 4.90. The van der Waals surface area contributed by atoms with E-state index in [0.717, 1.165) is 18.2 Å². The molecule has 3 aromatic rings. The van der Waals surface area contributed by atoms with Gasteiger partial charge in [-0.25, -0.2) is 9.00 Å². The van der Waals surface area contributed by atoms with Crippen LogP contribution in [-0.4, -0.2) is 14.8 Å². The second-order valence-corrected chi connectivity index (χ2v) is 10.7. The van der Waals surface area contributed by atoms with Crippen molar-refractivity contribution in [1.82, 2.24) is 0 Å². The van der Waals surface area contributed by atoms with Gasteiger partial charge < -0.3 is 15.2 Å². The third kappa shape index (κ3) is 6.50. The smallest absolute Gasteiger partial charge is 0.308 e. The zero-order valence-electron chi connectivity index (χ0n) is 16.0. The molecule has 0 fully saturated rings. The Labute approximate surface area is 206 Å². The molecule has 3 N–H and O–H groups in total. The normalized spacial score (nSPS) is 13.3. The van der Waals surface area contributed by atoms with Crippen LogP contribution < -0.4 is 10.6 Å². The SMILES string of the molecule is O=C(Nc1cc(Cl)cc(C(F)(F)F)c1)Nc1cc(Cl)ccc1-c1ccc(Cl)cc1S(=O)(O)=S. The Morgan fingerprint density at radius 1 is 0.879 bits per heavy atom. The van der Waals surface area contributed by atoms with Gasteiger partial charge in [-0.15, -0.1) is 0 Å². The Hall–Kier alpha value is -2.08. The minimum atomic E-state index is -4.66. The van der Waals surface area contributed by atoms with Crippen molar-refractivity contribution < 1.29 is 26.7 Å². The number of carbonyl (C=O) groups excluding carboxylic acids is 1. The largest absolute Gasteiger partial charge is 0.416 e. The van der Waals surface area contributed by atoms with Crippen LogP contribution in [0.15, 0.2) is 59.5 Å². The van der Waals surface area contributed by atoms with Crippen LogP contribution in [0, 0.1) is 0 Å². The van der Waals surface area contributed by atoms with Gasteiger partial charge >= 0.3 is 12.2 Å². The number of alkyl halides is 3. The lowest BCUT2D eigenvalue weighted by atomic mass is 10.0. The van der Waals surface area contributed by atoms with Gasteiger partial charge in [0.1, 0.15) is 0 Å². The molecule has 0 radical (unpaired) electrons. The number of urea groups is 1. The second-order valence-electron chi connectivity index (χ2n) is 6.61. The summed E-state index contributed by atoms with van der Waals surface area (Å²) >= 11 is 22.4. The van der Waals surface area contributed by atoms with Crippen molar-refractivity contribution in [3.63, 3.8) is 0 Å². The van der Waals surface area contributed by atoms with Gasteiger partial charge in [-0.3, -0.25) is 0 Å². The molecular formula is C20H12Cl3F3N2O3S2. The Morgan fingerprint density at radius 2 is 1.48 bits per heavy atom. The van der Waals surface area contributed by atoms with E-state index in [1.54, 1.807) is 0 Å². The minimum absolute atomic E-state index is 0.0975. The summed E-state index contributed by atoms with van der Waals surface area (Å²) in [6, 6.07) is 10.1. The molecule has 0 aliphatic heterocycles. The molecule has 1 atom stereocenters. The highest BCUT2D eigenvalue weighted by Crippen LogP contribution is 2.37. The summed E-state index contributed by atoms with van der Waals surface area (Å²) < 4.78 is 61.2. The topological polar surface area (TPSA) is 78.4 Å². The first-order chi connectivity index (χ1) is 15.2. The first-order valence-electron chi connectivity index (χ1n) is 8.77. The lowest BCUT2D eigenvalue weighted by Crippen LogP contribution is -2.20. The average Bonchev–Trinajstić information content (AvgIpc) is 2.66. The van der Waals surface area contributed by atoms with E-state index in [1.807, 2.05) is 0 Å². The van der Waals surface area contributed by atoms with Gasteiger partial charge in [0.05, 0.1) is 16.1 Å². The predicted octanol–water partition coefficient (Wildman–Crippen LogP) is 7.55. The number of nitrogens with one attached hydrogen (secondary N) is 2. The summed E-state index contributed by atoms with van der Waals surface area (Å²) in [5.74, 6) is 0. The number of amides is 2. The van der Waals surface area contributed by atoms with E-state index >= 15 is 0 Å². The standard InChI is InChI=1S/C20H12Cl3F3N2O3S2/c21-11-1-3-15(16-4-2-12(22)9-18(16)33(30,31)32)17(8-11)28-19(29)27-14-6-10(20(24,25)26)5-13(23)7-14/h1-9H,(H2,27,28,29)(H,30,31,32). The maximum Gasteiger partial charge on any atom is 0.416 e. The van der Waals surface area contributed by atoms with Gasteiger partial charge in [-0.2, -0.15) is 13.2 Å². The second kappa shape index (κ2) is 9.65. The highest BCUT2D eigenvalue weighted by atomic mass is 35.5. The minimum Gasteiger partial charge on any atom is -0.308 e. The number of carbonyl (C=O) groups is 1. The summed E-state index contributed by atoms with van der Waals surface area (Å²) in [6.45, 7) is 0. The molecule has 13 heteroatoms. The van der Waals surface area contributed by atoms with Crippen molar-refractivity contribution in [2.75, 3.05) is 10.6 Å². The first kappa shape index (κ1) is 25.5.